The Labute approximate surface area is 111 Å². The van der Waals surface area contributed by atoms with E-state index in [0.29, 0.717) is 29.2 Å². The van der Waals surface area contributed by atoms with Gasteiger partial charge in [-0.25, -0.2) is 0 Å². The molecule has 0 atom stereocenters. The minimum atomic E-state index is -0.159. The molecule has 98 valence electrons. The number of aromatic hydroxyl groups is 1. The van der Waals surface area contributed by atoms with E-state index in [9.17, 15) is 14.7 Å². The molecule has 0 heterocycles. The van der Waals surface area contributed by atoms with Crippen LogP contribution < -0.4 is 0 Å². The fourth-order valence-electron chi connectivity index (χ4n) is 2.18. The summed E-state index contributed by atoms with van der Waals surface area (Å²) in [6.07, 6.45) is 0.667. The molecule has 0 unspecified atom stereocenters. The van der Waals surface area contributed by atoms with Crippen molar-refractivity contribution in [2.45, 2.75) is 26.7 Å². The lowest BCUT2D eigenvalue weighted by molar-refractivity contribution is 0.0985. The first-order valence-electron chi connectivity index (χ1n) is 6.41. The third kappa shape index (κ3) is 2.24. The van der Waals surface area contributed by atoms with Crippen molar-refractivity contribution in [2.24, 2.45) is 0 Å². The van der Waals surface area contributed by atoms with Crippen LogP contribution in [0.3, 0.4) is 0 Å². The van der Waals surface area contributed by atoms with Gasteiger partial charge in [0, 0.05) is 23.8 Å². The molecule has 0 aliphatic carbocycles. The van der Waals surface area contributed by atoms with Crippen LogP contribution in [-0.4, -0.2) is 16.7 Å². The summed E-state index contributed by atoms with van der Waals surface area (Å²) < 4.78 is 0. The molecule has 2 aromatic carbocycles. The fourth-order valence-corrected chi connectivity index (χ4v) is 2.18. The molecule has 0 aliphatic rings. The molecule has 0 fully saturated rings. The van der Waals surface area contributed by atoms with Gasteiger partial charge in [-0.3, -0.25) is 9.59 Å². The lowest BCUT2D eigenvalue weighted by Gasteiger charge is -2.11. The zero-order chi connectivity index (χ0) is 14.0. The molecule has 3 nitrogen and oxygen atoms in total. The quantitative estimate of drug-likeness (QED) is 0.848. The second-order valence-electron chi connectivity index (χ2n) is 4.42. The number of fused-ring (bicyclic) bond motifs is 1. The third-order valence-corrected chi connectivity index (χ3v) is 3.26. The summed E-state index contributed by atoms with van der Waals surface area (Å²) in [5.41, 5.74) is 0.741. The van der Waals surface area contributed by atoms with Crippen LogP contribution >= 0.6 is 0 Å². The molecule has 0 amide bonds. The van der Waals surface area contributed by atoms with Gasteiger partial charge < -0.3 is 5.11 Å². The van der Waals surface area contributed by atoms with E-state index in [1.54, 1.807) is 32.0 Å². The highest BCUT2D eigenvalue weighted by molar-refractivity contribution is 6.14. The van der Waals surface area contributed by atoms with Gasteiger partial charge in [0.1, 0.15) is 5.75 Å². The topological polar surface area (TPSA) is 54.4 Å². The van der Waals surface area contributed by atoms with E-state index < -0.39 is 0 Å². The van der Waals surface area contributed by atoms with Gasteiger partial charge >= 0.3 is 0 Å². The van der Waals surface area contributed by atoms with E-state index in [-0.39, 0.29) is 22.9 Å². The summed E-state index contributed by atoms with van der Waals surface area (Å²) in [6.45, 7) is 3.52. The van der Waals surface area contributed by atoms with Crippen LogP contribution in [0.15, 0.2) is 30.3 Å². The normalized spacial score (nSPS) is 10.6. The molecule has 0 bridgehead atoms. The minimum absolute atomic E-state index is 0.0265. The Hall–Kier alpha value is -2.16. The molecule has 2 aromatic rings. The predicted octanol–water partition coefficient (Wildman–Crippen LogP) is 3.73. The Morgan fingerprint density at radius 1 is 0.947 bits per heavy atom. The number of phenols is 1. The second-order valence-corrected chi connectivity index (χ2v) is 4.42. The Kier molecular flexibility index (Phi) is 3.65. The van der Waals surface area contributed by atoms with Gasteiger partial charge in [0.05, 0.1) is 5.56 Å². The molecule has 3 heteroatoms. The number of hydrogen-bond acceptors (Lipinski definition) is 3. The number of benzene rings is 2. The molecular formula is C16H16O3. The highest BCUT2D eigenvalue weighted by Gasteiger charge is 2.18. The van der Waals surface area contributed by atoms with Crippen LogP contribution in [0.2, 0.25) is 0 Å². The summed E-state index contributed by atoms with van der Waals surface area (Å²) in [4.78, 5) is 23.9. The Morgan fingerprint density at radius 3 is 2.05 bits per heavy atom. The van der Waals surface area contributed by atoms with Crippen molar-refractivity contribution in [3.8, 4) is 5.75 Å². The van der Waals surface area contributed by atoms with Crippen molar-refractivity contribution >= 4 is 22.3 Å². The van der Waals surface area contributed by atoms with Crippen LogP contribution in [0, 0.1) is 0 Å². The average molecular weight is 256 g/mol. The molecular weight excluding hydrogens is 240 g/mol. The number of phenolic OH excluding ortho intramolecular Hbond substituents is 1. The number of ketones is 2. The van der Waals surface area contributed by atoms with Crippen LogP contribution in [0.5, 0.6) is 5.75 Å². The monoisotopic (exact) mass is 256 g/mol. The summed E-state index contributed by atoms with van der Waals surface area (Å²) in [6, 6.07) is 8.63. The smallest absolute Gasteiger partial charge is 0.166 e. The van der Waals surface area contributed by atoms with E-state index in [1.165, 1.54) is 6.07 Å². The highest BCUT2D eigenvalue weighted by atomic mass is 16.3. The predicted molar refractivity (Wildman–Crippen MR) is 74.9 cm³/mol. The highest BCUT2D eigenvalue weighted by Crippen LogP contribution is 2.33. The van der Waals surface area contributed by atoms with Crippen molar-refractivity contribution in [1.82, 2.24) is 0 Å². The van der Waals surface area contributed by atoms with Crippen molar-refractivity contribution in [2.75, 3.05) is 0 Å². The van der Waals surface area contributed by atoms with Gasteiger partial charge in [0.15, 0.2) is 11.6 Å². The third-order valence-electron chi connectivity index (χ3n) is 3.26. The van der Waals surface area contributed by atoms with Gasteiger partial charge in [-0.2, -0.15) is 0 Å². The molecule has 0 spiro atoms. The largest absolute Gasteiger partial charge is 0.507 e. The fraction of sp³-hybridized carbons (Fsp3) is 0.250. The Balaban J connectivity index is 2.83. The maximum Gasteiger partial charge on any atom is 0.166 e. The summed E-state index contributed by atoms with van der Waals surface area (Å²) in [7, 11) is 0. The summed E-state index contributed by atoms with van der Waals surface area (Å²) >= 11 is 0. The first-order chi connectivity index (χ1) is 9.10. The molecule has 0 radical (unpaired) electrons. The van der Waals surface area contributed by atoms with E-state index in [2.05, 4.69) is 0 Å². The molecule has 0 aromatic heterocycles. The zero-order valence-corrected chi connectivity index (χ0v) is 11.1. The number of rotatable bonds is 4. The number of Topliss-reactive ketones (excluding diaryl/α,β-unsaturated/α-hetero) is 2. The standard InChI is InChI=1S/C16H16O3/c1-3-14(17)12-9-13(15(18)4-2)16(19)11-8-6-5-7-10(11)12/h5-9,19H,3-4H2,1-2H3. The van der Waals surface area contributed by atoms with Crippen molar-refractivity contribution in [1.29, 1.82) is 0 Å². The van der Waals surface area contributed by atoms with Gasteiger partial charge in [-0.05, 0) is 11.5 Å². The average Bonchev–Trinajstić information content (AvgIpc) is 2.46. The first kappa shape index (κ1) is 13.3. The zero-order valence-electron chi connectivity index (χ0n) is 11.1. The van der Waals surface area contributed by atoms with Gasteiger partial charge in [-0.1, -0.05) is 38.1 Å². The van der Waals surface area contributed by atoms with Gasteiger partial charge in [-0.15, -0.1) is 0 Å². The lowest BCUT2D eigenvalue weighted by Crippen LogP contribution is -2.04. The van der Waals surface area contributed by atoms with Crippen LogP contribution in [0.1, 0.15) is 47.4 Å². The maximum absolute atomic E-state index is 12.0. The van der Waals surface area contributed by atoms with Crippen LogP contribution in [0.4, 0.5) is 0 Å². The number of hydrogen-bond donors (Lipinski definition) is 1. The lowest BCUT2D eigenvalue weighted by atomic mass is 9.94. The molecule has 2 rings (SSSR count). The van der Waals surface area contributed by atoms with Crippen molar-refractivity contribution in [3.63, 3.8) is 0 Å². The molecule has 0 saturated heterocycles. The van der Waals surface area contributed by atoms with Crippen molar-refractivity contribution in [3.05, 3.63) is 41.5 Å². The van der Waals surface area contributed by atoms with E-state index in [0.717, 1.165) is 0 Å². The minimum Gasteiger partial charge on any atom is -0.507 e. The molecule has 1 N–H and O–H groups in total. The first-order valence-corrected chi connectivity index (χ1v) is 6.41. The number of carbonyl (C=O) groups is 2. The second kappa shape index (κ2) is 5.22. The summed E-state index contributed by atoms with van der Waals surface area (Å²) in [5, 5.41) is 11.4. The van der Waals surface area contributed by atoms with Crippen molar-refractivity contribution < 1.29 is 14.7 Å². The van der Waals surface area contributed by atoms with Gasteiger partial charge in [0.25, 0.3) is 0 Å². The Bertz CT molecular complexity index is 656. The number of carbonyl (C=O) groups excluding carboxylic acids is 2. The Morgan fingerprint density at radius 2 is 1.47 bits per heavy atom. The summed E-state index contributed by atoms with van der Waals surface area (Å²) in [5.74, 6) is -0.218. The molecule has 0 saturated carbocycles. The SMILES string of the molecule is CCC(=O)c1cc(C(=O)CC)c2ccccc2c1O. The molecule has 19 heavy (non-hydrogen) atoms. The van der Waals surface area contributed by atoms with E-state index in [1.807, 2.05) is 6.07 Å². The van der Waals surface area contributed by atoms with E-state index in [4.69, 9.17) is 0 Å². The van der Waals surface area contributed by atoms with Crippen LogP contribution in [0.25, 0.3) is 10.8 Å². The van der Waals surface area contributed by atoms with Crippen LogP contribution in [-0.2, 0) is 0 Å². The molecule has 0 aliphatic heterocycles. The maximum atomic E-state index is 12.0. The van der Waals surface area contributed by atoms with Gasteiger partial charge in [0.2, 0.25) is 0 Å². The van der Waals surface area contributed by atoms with E-state index >= 15 is 0 Å².